The van der Waals surface area contributed by atoms with Gasteiger partial charge in [0.05, 0.1) is 6.10 Å². The molecule has 1 aliphatic carbocycles. The van der Waals surface area contributed by atoms with Crippen LogP contribution >= 0.6 is 0 Å². The molecule has 4 heteroatoms. The highest BCUT2D eigenvalue weighted by Crippen LogP contribution is 2.20. The third-order valence-electron chi connectivity index (χ3n) is 4.04. The first-order valence-corrected chi connectivity index (χ1v) is 7.93. The van der Waals surface area contributed by atoms with Crippen molar-refractivity contribution in [2.24, 2.45) is 0 Å². The summed E-state index contributed by atoms with van der Waals surface area (Å²) in [6.45, 7) is 3.28. The Morgan fingerprint density at radius 3 is 2.81 bits per heavy atom. The fourth-order valence-corrected chi connectivity index (χ4v) is 2.67. The molecule has 0 bridgehead atoms. The number of carbonyl (C=O) groups is 1. The third kappa shape index (κ3) is 5.05. The highest BCUT2D eigenvalue weighted by atomic mass is 16.5. The Morgan fingerprint density at radius 2 is 2.10 bits per heavy atom. The van der Waals surface area contributed by atoms with Gasteiger partial charge in [0.2, 0.25) is 0 Å². The van der Waals surface area contributed by atoms with E-state index in [1.54, 1.807) is 12.1 Å². The highest BCUT2D eigenvalue weighted by molar-refractivity contribution is 5.94. The van der Waals surface area contributed by atoms with Crippen molar-refractivity contribution < 1.29 is 9.53 Å². The van der Waals surface area contributed by atoms with E-state index < -0.39 is 0 Å². The molecular formula is C17H26N2O2. The third-order valence-corrected chi connectivity index (χ3v) is 4.04. The number of hydrogen-bond donors (Lipinski definition) is 2. The smallest absolute Gasteiger partial charge is 0.251 e. The Balaban J connectivity index is 1.63. The van der Waals surface area contributed by atoms with E-state index in [0.29, 0.717) is 23.9 Å². The zero-order valence-corrected chi connectivity index (χ0v) is 12.9. The number of rotatable bonds is 6. The number of benzene rings is 1. The molecule has 0 atom stereocenters. The van der Waals surface area contributed by atoms with Gasteiger partial charge in [0.1, 0.15) is 0 Å². The summed E-state index contributed by atoms with van der Waals surface area (Å²) in [5, 5.41) is 2.92. The minimum absolute atomic E-state index is 0.0456. The summed E-state index contributed by atoms with van der Waals surface area (Å²) in [5.74, 6) is -0.0456. The van der Waals surface area contributed by atoms with E-state index in [1.165, 1.54) is 32.1 Å². The number of nitrogen functional groups attached to an aromatic ring is 1. The molecule has 0 aliphatic heterocycles. The van der Waals surface area contributed by atoms with E-state index >= 15 is 0 Å². The molecule has 116 valence electrons. The van der Waals surface area contributed by atoms with E-state index in [2.05, 4.69) is 5.32 Å². The van der Waals surface area contributed by atoms with Crippen LogP contribution in [-0.2, 0) is 4.74 Å². The Bertz CT molecular complexity index is 468. The predicted octanol–water partition coefficient (Wildman–Crippen LogP) is 3.05. The van der Waals surface area contributed by atoms with Crippen LogP contribution in [0, 0.1) is 6.92 Å². The number of anilines is 1. The number of hydrogen-bond acceptors (Lipinski definition) is 3. The number of amides is 1. The number of nitrogens with one attached hydrogen (secondary N) is 1. The average molecular weight is 290 g/mol. The quantitative estimate of drug-likeness (QED) is 0.625. The Morgan fingerprint density at radius 1 is 1.33 bits per heavy atom. The molecule has 1 saturated carbocycles. The van der Waals surface area contributed by atoms with Gasteiger partial charge in [-0.1, -0.05) is 19.3 Å². The molecule has 0 heterocycles. The summed E-state index contributed by atoms with van der Waals surface area (Å²) in [7, 11) is 0. The number of nitrogens with two attached hydrogens (primary N) is 1. The minimum Gasteiger partial charge on any atom is -0.399 e. The summed E-state index contributed by atoms with van der Waals surface area (Å²) in [6, 6.07) is 5.36. The van der Waals surface area contributed by atoms with Crippen molar-refractivity contribution in [3.05, 3.63) is 29.3 Å². The molecule has 0 aromatic heterocycles. The summed E-state index contributed by atoms with van der Waals surface area (Å²) < 4.78 is 5.84. The fourth-order valence-electron chi connectivity index (χ4n) is 2.67. The van der Waals surface area contributed by atoms with Crippen molar-refractivity contribution >= 4 is 11.6 Å². The second-order valence-corrected chi connectivity index (χ2v) is 5.81. The molecule has 0 saturated heterocycles. The number of ether oxygens (including phenoxy) is 1. The zero-order chi connectivity index (χ0) is 15.1. The van der Waals surface area contributed by atoms with Crippen molar-refractivity contribution in [1.82, 2.24) is 5.32 Å². The van der Waals surface area contributed by atoms with Crippen LogP contribution < -0.4 is 11.1 Å². The van der Waals surface area contributed by atoms with Crippen molar-refractivity contribution in [2.45, 2.75) is 51.6 Å². The Hall–Kier alpha value is -1.55. The lowest BCUT2D eigenvalue weighted by molar-refractivity contribution is 0.0273. The van der Waals surface area contributed by atoms with Gasteiger partial charge in [0.15, 0.2) is 0 Å². The molecule has 1 fully saturated rings. The second-order valence-electron chi connectivity index (χ2n) is 5.81. The largest absolute Gasteiger partial charge is 0.399 e. The molecule has 3 N–H and O–H groups in total. The SMILES string of the molecule is Cc1cc(C(=O)NCCCOC2CCCCC2)ccc1N. The molecule has 1 aromatic rings. The van der Waals surface area contributed by atoms with Crippen molar-refractivity contribution in [3.63, 3.8) is 0 Å². The Kier molecular flexibility index (Phi) is 6.05. The predicted molar refractivity (Wildman–Crippen MR) is 85.4 cm³/mol. The summed E-state index contributed by atoms with van der Waals surface area (Å²) in [6.07, 6.45) is 7.60. The van der Waals surface area contributed by atoms with Crippen LogP contribution in [0.3, 0.4) is 0 Å². The lowest BCUT2D eigenvalue weighted by Crippen LogP contribution is -2.26. The van der Waals surface area contributed by atoms with Gasteiger partial charge in [-0.05, 0) is 49.9 Å². The first-order chi connectivity index (χ1) is 10.2. The van der Waals surface area contributed by atoms with E-state index in [4.69, 9.17) is 10.5 Å². The minimum atomic E-state index is -0.0456. The second kappa shape index (κ2) is 8.03. The Labute approximate surface area is 127 Å². The lowest BCUT2D eigenvalue weighted by atomic mass is 9.98. The molecule has 0 radical (unpaired) electrons. The maximum Gasteiger partial charge on any atom is 0.251 e. The molecule has 2 rings (SSSR count). The first-order valence-electron chi connectivity index (χ1n) is 7.93. The van der Waals surface area contributed by atoms with Gasteiger partial charge in [-0.25, -0.2) is 0 Å². The van der Waals surface area contributed by atoms with Gasteiger partial charge >= 0.3 is 0 Å². The average Bonchev–Trinajstić information content (AvgIpc) is 2.50. The van der Waals surface area contributed by atoms with Gasteiger partial charge in [0, 0.05) is 24.4 Å². The molecule has 1 aromatic carbocycles. The van der Waals surface area contributed by atoms with Crippen LogP contribution in [0.15, 0.2) is 18.2 Å². The number of carbonyl (C=O) groups excluding carboxylic acids is 1. The number of aryl methyl sites for hydroxylation is 1. The van der Waals surface area contributed by atoms with Crippen molar-refractivity contribution in [3.8, 4) is 0 Å². The molecule has 21 heavy (non-hydrogen) atoms. The fraction of sp³-hybridized carbons (Fsp3) is 0.588. The van der Waals surface area contributed by atoms with Gasteiger partial charge in [0.25, 0.3) is 5.91 Å². The van der Waals surface area contributed by atoms with Crippen LogP contribution in [-0.4, -0.2) is 25.2 Å². The standard InChI is InChI=1S/C17H26N2O2/c1-13-12-14(8-9-16(13)18)17(20)19-10-5-11-21-15-6-3-2-4-7-15/h8-9,12,15H,2-7,10-11,18H2,1H3,(H,19,20). The molecule has 0 unspecified atom stereocenters. The molecule has 1 amide bonds. The van der Waals surface area contributed by atoms with Crippen LogP contribution in [0.2, 0.25) is 0 Å². The van der Waals surface area contributed by atoms with Gasteiger partial charge < -0.3 is 15.8 Å². The van der Waals surface area contributed by atoms with E-state index in [9.17, 15) is 4.79 Å². The monoisotopic (exact) mass is 290 g/mol. The lowest BCUT2D eigenvalue weighted by Gasteiger charge is -2.21. The van der Waals surface area contributed by atoms with E-state index in [1.807, 2.05) is 13.0 Å². The topological polar surface area (TPSA) is 64.3 Å². The van der Waals surface area contributed by atoms with Gasteiger partial charge in [-0.3, -0.25) is 4.79 Å². The molecule has 4 nitrogen and oxygen atoms in total. The normalized spacial score (nSPS) is 15.9. The summed E-state index contributed by atoms with van der Waals surface area (Å²) in [5.41, 5.74) is 8.06. The van der Waals surface area contributed by atoms with Gasteiger partial charge in [-0.15, -0.1) is 0 Å². The summed E-state index contributed by atoms with van der Waals surface area (Å²) >= 11 is 0. The van der Waals surface area contributed by atoms with Crippen LogP contribution in [0.25, 0.3) is 0 Å². The molecule has 0 spiro atoms. The zero-order valence-electron chi connectivity index (χ0n) is 12.9. The van der Waals surface area contributed by atoms with Crippen molar-refractivity contribution in [2.75, 3.05) is 18.9 Å². The van der Waals surface area contributed by atoms with E-state index in [0.717, 1.165) is 18.6 Å². The van der Waals surface area contributed by atoms with Crippen molar-refractivity contribution in [1.29, 1.82) is 0 Å². The van der Waals surface area contributed by atoms with Crippen LogP contribution in [0.5, 0.6) is 0 Å². The molecular weight excluding hydrogens is 264 g/mol. The first kappa shape index (κ1) is 15.8. The van der Waals surface area contributed by atoms with Crippen LogP contribution in [0.1, 0.15) is 54.4 Å². The maximum atomic E-state index is 12.0. The maximum absolute atomic E-state index is 12.0. The molecule has 1 aliphatic rings. The summed E-state index contributed by atoms with van der Waals surface area (Å²) in [4.78, 5) is 12.0. The van der Waals surface area contributed by atoms with E-state index in [-0.39, 0.29) is 5.91 Å². The van der Waals surface area contributed by atoms with Crippen LogP contribution in [0.4, 0.5) is 5.69 Å². The highest BCUT2D eigenvalue weighted by Gasteiger charge is 2.13. The van der Waals surface area contributed by atoms with Gasteiger partial charge in [-0.2, -0.15) is 0 Å².